The van der Waals surface area contributed by atoms with E-state index >= 15 is 0 Å². The molecule has 1 aliphatic heterocycles. The van der Waals surface area contributed by atoms with E-state index in [0.29, 0.717) is 0 Å². The highest BCUT2D eigenvalue weighted by Gasteiger charge is 2.35. The van der Waals surface area contributed by atoms with Crippen LogP contribution in [0.1, 0.15) is 51.4 Å². The quantitative estimate of drug-likeness (QED) is 0.0718. The van der Waals surface area contributed by atoms with E-state index in [2.05, 4.69) is 0 Å². The van der Waals surface area contributed by atoms with E-state index in [0.717, 1.165) is 0 Å². The lowest BCUT2D eigenvalue weighted by Gasteiger charge is -2.39. The summed E-state index contributed by atoms with van der Waals surface area (Å²) in [5.74, 6) is -10.8. The Bertz CT molecular complexity index is 974. The van der Waals surface area contributed by atoms with Crippen molar-refractivity contribution >= 4 is 47.8 Å². The molecule has 20 nitrogen and oxygen atoms in total. The first-order valence-corrected chi connectivity index (χ1v) is 15.2. The maximum atomic E-state index is 12.3. The summed E-state index contributed by atoms with van der Waals surface area (Å²) in [6.07, 6.45) is -3.66. The van der Waals surface area contributed by atoms with Crippen LogP contribution in [0, 0.1) is 0 Å². The van der Waals surface area contributed by atoms with Crippen molar-refractivity contribution < 1.29 is 79.2 Å². The van der Waals surface area contributed by atoms with Crippen molar-refractivity contribution in [3.8, 4) is 0 Å². The Balaban J connectivity index is 3.70. The molecule has 0 amide bonds. The van der Waals surface area contributed by atoms with E-state index in [-0.39, 0.29) is 78.0 Å². The molecule has 0 aromatic rings. The van der Waals surface area contributed by atoms with E-state index in [1.54, 1.807) is 0 Å². The third-order valence-corrected chi connectivity index (χ3v) is 8.13. The van der Waals surface area contributed by atoms with Gasteiger partial charge in [0.2, 0.25) is 0 Å². The fourth-order valence-corrected chi connectivity index (χ4v) is 5.61. The van der Waals surface area contributed by atoms with Gasteiger partial charge in [0.15, 0.2) is 0 Å². The third kappa shape index (κ3) is 15.0. The van der Waals surface area contributed by atoms with Gasteiger partial charge < -0.3 is 40.9 Å². The Kier molecular flexibility index (Phi) is 18.0. The van der Waals surface area contributed by atoms with Crippen molar-refractivity contribution in [2.45, 2.75) is 75.5 Å². The SMILES string of the molecule is O=C(O)CC[C@H](C(=O)O)N1CCN([C@H](CCC(=O)O)C(=O)O)CCN([C@@H](CCC(=O)O)C(=O)O)CCN([C@H](CCC(=O)O)C(=O)O)CC1. The number of aliphatic carboxylic acids is 8. The van der Waals surface area contributed by atoms with Gasteiger partial charge in [-0.05, 0) is 25.7 Å². The van der Waals surface area contributed by atoms with Gasteiger partial charge in [-0.2, -0.15) is 0 Å². The fraction of sp³-hybridized carbons (Fsp3) is 0.714. The van der Waals surface area contributed by atoms with Crippen molar-refractivity contribution in [3.05, 3.63) is 0 Å². The highest BCUT2D eigenvalue weighted by molar-refractivity contribution is 5.77. The van der Waals surface area contributed by atoms with E-state index in [1.165, 1.54) is 19.6 Å². The predicted octanol–water partition coefficient (Wildman–Crippen LogP) is -1.52. The van der Waals surface area contributed by atoms with Gasteiger partial charge >= 0.3 is 47.8 Å². The van der Waals surface area contributed by atoms with Crippen LogP contribution in [0.2, 0.25) is 0 Å². The Hall–Kier alpha value is -4.40. The molecule has 0 aliphatic carbocycles. The van der Waals surface area contributed by atoms with Crippen LogP contribution in [0.15, 0.2) is 0 Å². The van der Waals surface area contributed by atoms with Crippen LogP contribution in [0.4, 0.5) is 0 Å². The van der Waals surface area contributed by atoms with Gasteiger partial charge in [0, 0.05) is 78.0 Å². The first kappa shape index (κ1) is 41.6. The van der Waals surface area contributed by atoms with Crippen LogP contribution in [0.3, 0.4) is 0 Å². The number of carboxylic acids is 8. The predicted molar refractivity (Wildman–Crippen MR) is 159 cm³/mol. The van der Waals surface area contributed by atoms with Crippen LogP contribution >= 0.6 is 0 Å². The van der Waals surface area contributed by atoms with Gasteiger partial charge in [-0.3, -0.25) is 58.0 Å². The number of carboxylic acid groups (broad SMARTS) is 8. The molecule has 1 fully saturated rings. The number of rotatable bonds is 20. The van der Waals surface area contributed by atoms with Gasteiger partial charge in [-0.15, -0.1) is 0 Å². The summed E-state index contributed by atoms with van der Waals surface area (Å²) in [4.78, 5) is 99.7. The molecule has 8 N–H and O–H groups in total. The summed E-state index contributed by atoms with van der Waals surface area (Å²) in [5, 5.41) is 76.8. The van der Waals surface area contributed by atoms with Crippen LogP contribution in [-0.4, -0.2) is 185 Å². The minimum absolute atomic E-state index is 0.213. The molecule has 4 atom stereocenters. The second-order valence-corrected chi connectivity index (χ2v) is 11.3. The number of carbonyl (C=O) groups is 8. The third-order valence-electron chi connectivity index (χ3n) is 8.13. The molecule has 20 heteroatoms. The monoisotopic (exact) mass is 692 g/mol. The molecule has 1 aliphatic rings. The van der Waals surface area contributed by atoms with Crippen LogP contribution in [0.5, 0.6) is 0 Å². The van der Waals surface area contributed by atoms with Crippen LogP contribution < -0.4 is 0 Å². The first-order valence-electron chi connectivity index (χ1n) is 15.2. The Morgan fingerprint density at radius 1 is 0.333 bits per heavy atom. The van der Waals surface area contributed by atoms with Crippen molar-refractivity contribution in [3.63, 3.8) is 0 Å². The highest BCUT2D eigenvalue weighted by Crippen LogP contribution is 2.17. The average Bonchev–Trinajstić information content (AvgIpc) is 2.95. The highest BCUT2D eigenvalue weighted by atomic mass is 16.4. The van der Waals surface area contributed by atoms with Crippen molar-refractivity contribution in [2.75, 3.05) is 52.4 Å². The smallest absolute Gasteiger partial charge is 0.320 e. The van der Waals surface area contributed by atoms with Crippen molar-refractivity contribution in [1.82, 2.24) is 19.6 Å². The zero-order valence-corrected chi connectivity index (χ0v) is 26.3. The summed E-state index contributed by atoms with van der Waals surface area (Å²) in [6, 6.07) is -5.66. The zero-order valence-electron chi connectivity index (χ0n) is 26.3. The largest absolute Gasteiger partial charge is 0.481 e. The van der Waals surface area contributed by atoms with E-state index in [1.807, 2.05) is 0 Å². The zero-order chi connectivity index (χ0) is 36.6. The molecule has 0 unspecified atom stereocenters. The molecule has 0 saturated carbocycles. The molecular weight excluding hydrogens is 648 g/mol. The first-order chi connectivity index (χ1) is 22.4. The van der Waals surface area contributed by atoms with E-state index in [4.69, 9.17) is 0 Å². The molecule has 0 aromatic heterocycles. The molecule has 48 heavy (non-hydrogen) atoms. The molecular formula is C28H44N4O16. The normalized spacial score (nSPS) is 18.7. The summed E-state index contributed by atoms with van der Waals surface area (Å²) >= 11 is 0. The van der Waals surface area contributed by atoms with E-state index < -0.39 is 97.6 Å². The Morgan fingerprint density at radius 2 is 0.479 bits per heavy atom. The Morgan fingerprint density at radius 3 is 0.583 bits per heavy atom. The maximum Gasteiger partial charge on any atom is 0.320 e. The molecule has 0 radical (unpaired) electrons. The molecule has 272 valence electrons. The second kappa shape index (κ2) is 20.8. The van der Waals surface area contributed by atoms with Crippen molar-refractivity contribution in [1.29, 1.82) is 0 Å². The molecule has 0 aromatic carbocycles. The van der Waals surface area contributed by atoms with E-state index in [9.17, 15) is 79.2 Å². The molecule has 1 saturated heterocycles. The summed E-state index contributed by atoms with van der Waals surface area (Å²) in [6.45, 7) is -1.70. The van der Waals surface area contributed by atoms with Gasteiger partial charge in [0.1, 0.15) is 24.2 Å². The molecule has 0 spiro atoms. The molecule has 1 heterocycles. The molecule has 0 bridgehead atoms. The van der Waals surface area contributed by atoms with Gasteiger partial charge in [0.25, 0.3) is 0 Å². The van der Waals surface area contributed by atoms with Crippen LogP contribution in [-0.2, 0) is 38.4 Å². The number of hydrogen-bond donors (Lipinski definition) is 8. The average molecular weight is 693 g/mol. The topological polar surface area (TPSA) is 311 Å². The number of nitrogens with zero attached hydrogens (tertiary/aromatic N) is 4. The van der Waals surface area contributed by atoms with Crippen molar-refractivity contribution in [2.24, 2.45) is 0 Å². The van der Waals surface area contributed by atoms with Gasteiger partial charge in [-0.25, -0.2) is 0 Å². The van der Waals surface area contributed by atoms with Crippen LogP contribution in [0.25, 0.3) is 0 Å². The second-order valence-electron chi connectivity index (χ2n) is 11.3. The van der Waals surface area contributed by atoms with Gasteiger partial charge in [0.05, 0.1) is 0 Å². The summed E-state index contributed by atoms with van der Waals surface area (Å²) in [5.41, 5.74) is 0. The minimum atomic E-state index is -1.42. The minimum Gasteiger partial charge on any atom is -0.481 e. The summed E-state index contributed by atoms with van der Waals surface area (Å²) < 4.78 is 0. The lowest BCUT2D eigenvalue weighted by atomic mass is 10.1. The fourth-order valence-electron chi connectivity index (χ4n) is 5.61. The number of hydrogen-bond acceptors (Lipinski definition) is 12. The Labute approximate surface area is 274 Å². The lowest BCUT2D eigenvalue weighted by molar-refractivity contribution is -0.149. The lowest BCUT2D eigenvalue weighted by Crippen LogP contribution is -2.56. The molecule has 1 rings (SSSR count). The standard InChI is InChI=1S/C28H44N4O16/c33-21(34)5-1-17(25(41)42)29-9-11-30(18(26(43)44)2-6-22(35)36)13-15-32(20(28(47)48)4-8-24(39)40)16-14-31(12-10-29)19(27(45)46)3-7-23(37)38/h17-20H,1-16H2,(H,33,34)(H,35,36)(H,37,38)(H,39,40)(H,41,42)(H,43,44)(H,45,46)(H,47,48)/t17-,18-,19-,20+/m1/s1. The summed E-state index contributed by atoms with van der Waals surface area (Å²) in [7, 11) is 0. The maximum absolute atomic E-state index is 12.3. The van der Waals surface area contributed by atoms with Gasteiger partial charge in [-0.1, -0.05) is 0 Å².